The number of amides is 2. The highest BCUT2D eigenvalue weighted by atomic mass is 32.2. The van der Waals surface area contributed by atoms with Gasteiger partial charge in [0.05, 0.1) is 22.5 Å². The van der Waals surface area contributed by atoms with Crippen molar-refractivity contribution in [3.8, 4) is 11.1 Å². The van der Waals surface area contributed by atoms with Crippen molar-refractivity contribution in [1.82, 2.24) is 34.0 Å². The molecule has 4 fully saturated rings. The first-order valence-electron chi connectivity index (χ1n) is 27.1. The molecule has 0 saturated carbocycles. The first kappa shape index (κ1) is 53.2. The lowest BCUT2D eigenvalue weighted by molar-refractivity contribution is -0.133. The summed E-state index contributed by atoms with van der Waals surface area (Å²) in [5.74, 6) is -4.07. The van der Waals surface area contributed by atoms with Crippen LogP contribution in [0.15, 0.2) is 152 Å². The van der Waals surface area contributed by atoms with Crippen molar-refractivity contribution in [3.63, 3.8) is 0 Å². The zero-order valence-corrected chi connectivity index (χ0v) is 45.3. The predicted octanol–water partition coefficient (Wildman–Crippen LogP) is 8.60. The molecule has 3 N–H and O–H groups in total. The molecule has 3 aromatic heterocycles. The Bertz CT molecular complexity index is 3720. The van der Waals surface area contributed by atoms with Gasteiger partial charge in [0.1, 0.15) is 28.9 Å². The van der Waals surface area contributed by atoms with Gasteiger partial charge < -0.3 is 19.7 Å². The minimum atomic E-state index is -4.26. The SMILES string of the molecule is CCN(C)S(=O)(=O)Nc1ccc(F)c(C(=O)c2cn(C(c3ccccc3)(c3ccccc3)c3ccccc3)c3ncc(-c4cnc(N5CC6(C5)CN(C5CCN(c7ccc(NC8CCC(=O)NC8=O)cc7F)CC5)C6)nc4)cc23)c1F. The third-order valence-corrected chi connectivity index (χ3v) is 18.0. The summed E-state index contributed by atoms with van der Waals surface area (Å²) in [6.45, 7) is 6.57. The molecule has 4 aliphatic rings. The lowest BCUT2D eigenvalue weighted by atomic mass is 9.71. The van der Waals surface area contributed by atoms with Crippen molar-refractivity contribution in [2.24, 2.45) is 5.41 Å². The molecular weight excluding hydrogens is 1060 g/mol. The van der Waals surface area contributed by atoms with Gasteiger partial charge in [0.25, 0.3) is 0 Å². The van der Waals surface area contributed by atoms with Crippen LogP contribution in [0, 0.1) is 22.9 Å². The molecule has 1 spiro atoms. The number of likely N-dealkylation sites (tertiary alicyclic amines) is 1. The molecule has 0 aliphatic carbocycles. The average molecular weight is 1110 g/mol. The monoisotopic (exact) mass is 1110 g/mol. The highest BCUT2D eigenvalue weighted by molar-refractivity contribution is 7.90. The molecule has 20 heteroatoms. The van der Waals surface area contributed by atoms with Crippen LogP contribution in [0.5, 0.6) is 0 Å². The van der Waals surface area contributed by atoms with Crippen LogP contribution in [0.3, 0.4) is 0 Å². The summed E-state index contributed by atoms with van der Waals surface area (Å²) >= 11 is 0. The Morgan fingerprint density at radius 3 is 1.96 bits per heavy atom. The fourth-order valence-corrected chi connectivity index (χ4v) is 13.1. The summed E-state index contributed by atoms with van der Waals surface area (Å²) in [7, 11) is -2.95. The molecule has 8 aromatic rings. The fourth-order valence-electron chi connectivity index (χ4n) is 12.2. The van der Waals surface area contributed by atoms with Gasteiger partial charge in [-0.15, -0.1) is 0 Å². The van der Waals surface area contributed by atoms with Gasteiger partial charge in [-0.2, -0.15) is 12.7 Å². The second-order valence-corrected chi connectivity index (χ2v) is 23.3. The van der Waals surface area contributed by atoms with Crippen LogP contribution in [0.25, 0.3) is 22.2 Å². The second kappa shape index (κ2) is 21.2. The highest BCUT2D eigenvalue weighted by Crippen LogP contribution is 2.46. The summed E-state index contributed by atoms with van der Waals surface area (Å²) in [6.07, 6.45) is 9.04. The summed E-state index contributed by atoms with van der Waals surface area (Å²) < 4.78 is 79.5. The van der Waals surface area contributed by atoms with Crippen LogP contribution in [0.2, 0.25) is 0 Å². The molecule has 12 rings (SSSR count). The number of anilines is 4. The van der Waals surface area contributed by atoms with E-state index in [1.807, 2.05) is 95.6 Å². The van der Waals surface area contributed by atoms with E-state index in [0.29, 0.717) is 59.6 Å². The lowest BCUT2D eigenvalue weighted by Gasteiger charge is -2.62. The van der Waals surface area contributed by atoms with Crippen molar-refractivity contribution in [1.29, 1.82) is 0 Å². The number of piperidine rings is 2. The largest absolute Gasteiger partial charge is 0.374 e. The quantitative estimate of drug-likeness (QED) is 0.0478. The van der Waals surface area contributed by atoms with E-state index in [1.165, 1.54) is 13.1 Å². The molecule has 7 heterocycles. The number of ketones is 1. The Labute approximate surface area is 466 Å². The molecule has 4 aliphatic heterocycles. The lowest BCUT2D eigenvalue weighted by Crippen LogP contribution is -2.74. The smallest absolute Gasteiger partial charge is 0.301 e. The number of carbonyl (C=O) groups excluding carboxylic acids is 3. The molecule has 16 nitrogen and oxygen atoms in total. The summed E-state index contributed by atoms with van der Waals surface area (Å²) in [5.41, 5.74) is 2.22. The van der Waals surface area contributed by atoms with E-state index in [1.54, 1.807) is 49.9 Å². The Balaban J connectivity index is 0.796. The van der Waals surface area contributed by atoms with Crippen molar-refractivity contribution in [2.45, 2.75) is 50.2 Å². The molecule has 4 saturated heterocycles. The van der Waals surface area contributed by atoms with E-state index in [9.17, 15) is 18.0 Å². The Morgan fingerprint density at radius 1 is 0.753 bits per heavy atom. The van der Waals surface area contributed by atoms with E-state index < -0.39 is 56.4 Å². The number of hydrogen-bond acceptors (Lipinski definition) is 12. The number of benzene rings is 5. The number of aromatic nitrogens is 4. The van der Waals surface area contributed by atoms with Crippen molar-refractivity contribution >= 4 is 61.9 Å². The Morgan fingerprint density at radius 2 is 1.37 bits per heavy atom. The number of halogens is 3. The zero-order chi connectivity index (χ0) is 56.2. The molecule has 414 valence electrons. The Kier molecular flexibility index (Phi) is 13.9. The van der Waals surface area contributed by atoms with Crippen molar-refractivity contribution < 1.29 is 36.0 Å². The molecule has 1 atom stereocenters. The maximum atomic E-state index is 16.7. The maximum absolute atomic E-state index is 16.7. The second-order valence-electron chi connectivity index (χ2n) is 21.5. The third-order valence-electron chi connectivity index (χ3n) is 16.5. The standard InChI is InChI=1S/C61H58F3N11O5S/c1-3-71(2)81(79,80)70-50-21-20-48(62)54(55(50)64)56(77)47-34-75(61(41-13-7-4-8-14-41,42-15-9-5-10-16-42)43-17-11-6-12-18-43)57-46(47)29-39(31-65-57)40-32-66-59(67-33-40)74-37-60(38-74)35-73(36-60)45-25-27-72(28-26-45)52-23-19-44(30-49(52)63)68-51-22-24-53(76)69-58(51)78/h4-21,23,29-34,45,51,68,70H,3,22,24-28,35-38H2,1-2H3,(H,69,76,78). The van der Waals surface area contributed by atoms with Crippen molar-refractivity contribution in [3.05, 3.63) is 197 Å². The van der Waals surface area contributed by atoms with Crippen LogP contribution >= 0.6 is 0 Å². The van der Waals surface area contributed by atoms with Gasteiger partial charge in [-0.25, -0.2) is 28.1 Å². The van der Waals surface area contributed by atoms with E-state index in [2.05, 4.69) is 30.1 Å². The van der Waals surface area contributed by atoms with Crippen LogP contribution in [-0.4, -0.2) is 120 Å². The number of nitrogens with one attached hydrogen (secondary N) is 3. The summed E-state index contributed by atoms with van der Waals surface area (Å²) in [5, 5.41) is 5.66. The van der Waals surface area contributed by atoms with Crippen LogP contribution in [0.4, 0.5) is 36.2 Å². The molecule has 5 aromatic carbocycles. The number of pyridine rings is 1. The van der Waals surface area contributed by atoms with Gasteiger partial charge in [-0.05, 0) is 72.4 Å². The maximum Gasteiger partial charge on any atom is 0.301 e. The molecule has 0 bridgehead atoms. The van der Waals surface area contributed by atoms with E-state index in [-0.39, 0.29) is 41.1 Å². The van der Waals surface area contributed by atoms with Gasteiger partial charge in [0.15, 0.2) is 5.82 Å². The van der Waals surface area contributed by atoms with E-state index in [4.69, 9.17) is 15.0 Å². The van der Waals surface area contributed by atoms with Crippen LogP contribution < -0.4 is 25.2 Å². The predicted molar refractivity (Wildman–Crippen MR) is 304 cm³/mol. The number of hydrogen-bond donors (Lipinski definition) is 3. The fraction of sp³-hybridized carbons (Fsp3) is 0.279. The minimum Gasteiger partial charge on any atom is -0.374 e. The van der Waals surface area contributed by atoms with Gasteiger partial charge in [0.2, 0.25) is 23.5 Å². The average Bonchev–Trinajstić information content (AvgIpc) is 4.06. The van der Waals surface area contributed by atoms with E-state index in [0.717, 1.165) is 72.1 Å². The topological polar surface area (TPSA) is 178 Å². The molecule has 2 amide bonds. The van der Waals surface area contributed by atoms with Gasteiger partial charge in [0, 0.05) is 118 Å². The summed E-state index contributed by atoms with van der Waals surface area (Å²) in [4.78, 5) is 60.3. The minimum absolute atomic E-state index is 0.0705. The van der Waals surface area contributed by atoms with Crippen molar-refractivity contribution in [2.75, 3.05) is 72.7 Å². The number of fused-ring (bicyclic) bond motifs is 1. The normalized spacial score (nSPS) is 17.7. The number of carbonyl (C=O) groups is 3. The summed E-state index contributed by atoms with van der Waals surface area (Å²) in [6, 6.07) is 37.4. The molecular formula is C61H58F3N11O5S. The number of imide groups is 1. The van der Waals surface area contributed by atoms with E-state index >= 15 is 18.0 Å². The van der Waals surface area contributed by atoms with Crippen LogP contribution in [-0.2, 0) is 25.3 Å². The number of rotatable bonds is 16. The Hall–Kier alpha value is -8.46. The molecule has 1 unspecified atom stereocenters. The zero-order valence-electron chi connectivity index (χ0n) is 44.5. The van der Waals surface area contributed by atoms with Gasteiger partial charge in [-0.1, -0.05) is 97.9 Å². The van der Waals surface area contributed by atoms with Gasteiger partial charge in [-0.3, -0.25) is 29.3 Å². The first-order valence-corrected chi connectivity index (χ1v) is 28.5. The van der Waals surface area contributed by atoms with Crippen LogP contribution in [0.1, 0.15) is 65.2 Å². The number of nitrogens with zero attached hydrogens (tertiary/aromatic N) is 8. The third kappa shape index (κ3) is 9.73. The molecule has 0 radical (unpaired) electrons. The first-order chi connectivity index (χ1) is 39.1. The highest BCUT2D eigenvalue weighted by Gasteiger charge is 2.54. The van der Waals surface area contributed by atoms with Gasteiger partial charge >= 0.3 is 10.2 Å². The molecule has 81 heavy (non-hydrogen) atoms.